The van der Waals surface area contributed by atoms with Gasteiger partial charge in [-0.2, -0.15) is 0 Å². The maximum absolute atomic E-state index is 14.2. The Labute approximate surface area is 112 Å². The summed E-state index contributed by atoms with van der Waals surface area (Å²) in [6.45, 7) is 4.96. The van der Waals surface area contributed by atoms with E-state index in [-0.39, 0.29) is 17.8 Å². The largest absolute Gasteiger partial charge is 0.372 e. The summed E-state index contributed by atoms with van der Waals surface area (Å²) < 4.78 is 19.8. The Kier molecular flexibility index (Phi) is 3.87. The third-order valence-electron chi connectivity index (χ3n) is 3.12. The molecule has 0 aliphatic carbocycles. The Hall–Kier alpha value is -1.86. The quantitative estimate of drug-likeness (QED) is 0.604. The SMILES string of the molecule is C#Cc1cc(F)c(N2C[C@@H](C)O[C@@H](C)C2)c(C=O)c1. The van der Waals surface area contributed by atoms with Crippen LogP contribution in [0.4, 0.5) is 10.1 Å². The molecule has 0 amide bonds. The summed E-state index contributed by atoms with van der Waals surface area (Å²) in [5.41, 5.74) is 0.975. The zero-order chi connectivity index (χ0) is 14.0. The summed E-state index contributed by atoms with van der Waals surface area (Å²) in [6.07, 6.45) is 5.88. The van der Waals surface area contributed by atoms with Crippen LogP contribution >= 0.6 is 0 Å². The number of rotatable bonds is 2. The molecule has 1 fully saturated rings. The van der Waals surface area contributed by atoms with Gasteiger partial charge >= 0.3 is 0 Å². The molecular formula is C15H16FNO2. The fourth-order valence-electron chi connectivity index (χ4n) is 2.49. The maximum atomic E-state index is 14.2. The number of hydrogen-bond acceptors (Lipinski definition) is 3. The second kappa shape index (κ2) is 5.41. The topological polar surface area (TPSA) is 29.5 Å². The lowest BCUT2D eigenvalue weighted by atomic mass is 10.1. The van der Waals surface area contributed by atoms with Gasteiger partial charge in [0.15, 0.2) is 6.29 Å². The standard InChI is InChI=1S/C15H16FNO2/c1-4-12-5-13(9-18)15(14(16)6-12)17-7-10(2)19-11(3)8-17/h1,5-6,9-11H,7-8H2,2-3H3/t10-,11+. The first-order chi connectivity index (χ1) is 9.05. The van der Waals surface area contributed by atoms with Gasteiger partial charge in [0.1, 0.15) is 5.82 Å². The van der Waals surface area contributed by atoms with Crippen LogP contribution in [-0.4, -0.2) is 31.6 Å². The highest BCUT2D eigenvalue weighted by atomic mass is 19.1. The van der Waals surface area contributed by atoms with Gasteiger partial charge in [0.05, 0.1) is 17.9 Å². The lowest BCUT2D eigenvalue weighted by molar-refractivity contribution is -0.00543. The van der Waals surface area contributed by atoms with E-state index in [2.05, 4.69) is 5.92 Å². The zero-order valence-electron chi connectivity index (χ0n) is 11.0. The maximum Gasteiger partial charge on any atom is 0.152 e. The fourth-order valence-corrected chi connectivity index (χ4v) is 2.49. The van der Waals surface area contributed by atoms with Gasteiger partial charge < -0.3 is 9.64 Å². The number of hydrogen-bond donors (Lipinski definition) is 0. The molecule has 100 valence electrons. The Balaban J connectivity index is 2.44. The second-order valence-electron chi connectivity index (χ2n) is 4.82. The van der Waals surface area contributed by atoms with Crippen LogP contribution in [0.2, 0.25) is 0 Å². The highest BCUT2D eigenvalue weighted by molar-refractivity contribution is 5.85. The first-order valence-corrected chi connectivity index (χ1v) is 6.21. The minimum Gasteiger partial charge on any atom is -0.372 e. The van der Waals surface area contributed by atoms with Crippen molar-refractivity contribution in [3.05, 3.63) is 29.1 Å². The summed E-state index contributed by atoms with van der Waals surface area (Å²) in [4.78, 5) is 13.0. The van der Waals surface area contributed by atoms with E-state index in [1.165, 1.54) is 12.1 Å². The van der Waals surface area contributed by atoms with Crippen LogP contribution in [0.25, 0.3) is 0 Å². The van der Waals surface area contributed by atoms with Crippen molar-refractivity contribution in [2.24, 2.45) is 0 Å². The molecule has 1 saturated heterocycles. The summed E-state index contributed by atoms with van der Waals surface area (Å²) in [7, 11) is 0. The molecule has 1 aromatic rings. The molecule has 4 heteroatoms. The molecule has 1 aliphatic rings. The molecule has 2 rings (SSSR count). The Morgan fingerprint density at radius 1 is 1.42 bits per heavy atom. The van der Waals surface area contributed by atoms with Gasteiger partial charge in [-0.1, -0.05) is 5.92 Å². The molecule has 0 unspecified atom stereocenters. The number of carbonyl (C=O) groups is 1. The smallest absolute Gasteiger partial charge is 0.152 e. The van der Waals surface area contributed by atoms with Crippen molar-refractivity contribution in [3.63, 3.8) is 0 Å². The fraction of sp³-hybridized carbons (Fsp3) is 0.400. The van der Waals surface area contributed by atoms with Crippen LogP contribution < -0.4 is 4.90 Å². The number of halogens is 1. The Bertz CT molecular complexity index is 526. The molecule has 0 spiro atoms. The van der Waals surface area contributed by atoms with E-state index >= 15 is 0 Å². The summed E-state index contributed by atoms with van der Waals surface area (Å²) >= 11 is 0. The van der Waals surface area contributed by atoms with Crippen LogP contribution in [0.1, 0.15) is 29.8 Å². The predicted octanol–water partition coefficient (Wildman–Crippen LogP) is 2.23. The third kappa shape index (κ3) is 2.77. The van der Waals surface area contributed by atoms with Gasteiger partial charge in [-0.15, -0.1) is 6.42 Å². The minimum atomic E-state index is -0.459. The van der Waals surface area contributed by atoms with Crippen LogP contribution in [-0.2, 0) is 4.74 Å². The number of benzene rings is 1. The number of aldehydes is 1. The third-order valence-corrected chi connectivity index (χ3v) is 3.12. The number of ether oxygens (including phenoxy) is 1. The number of anilines is 1. The average Bonchev–Trinajstić information content (AvgIpc) is 2.36. The molecule has 0 saturated carbocycles. The summed E-state index contributed by atoms with van der Waals surface area (Å²) in [6, 6.07) is 2.82. The van der Waals surface area contributed by atoms with Crippen molar-refractivity contribution in [1.82, 2.24) is 0 Å². The van der Waals surface area contributed by atoms with E-state index in [4.69, 9.17) is 11.2 Å². The van der Waals surface area contributed by atoms with Gasteiger partial charge in [0, 0.05) is 24.2 Å². The van der Waals surface area contributed by atoms with Crippen LogP contribution in [0.3, 0.4) is 0 Å². The Morgan fingerprint density at radius 3 is 2.58 bits per heavy atom. The predicted molar refractivity (Wildman–Crippen MR) is 71.9 cm³/mol. The highest BCUT2D eigenvalue weighted by Gasteiger charge is 2.26. The Morgan fingerprint density at radius 2 is 2.05 bits per heavy atom. The summed E-state index contributed by atoms with van der Waals surface area (Å²) in [5, 5.41) is 0. The van der Waals surface area contributed by atoms with Crippen LogP contribution in [0, 0.1) is 18.2 Å². The number of nitrogens with zero attached hydrogens (tertiary/aromatic N) is 1. The molecule has 0 bridgehead atoms. The van der Waals surface area contributed by atoms with Crippen molar-refractivity contribution in [2.75, 3.05) is 18.0 Å². The van der Waals surface area contributed by atoms with E-state index in [0.29, 0.717) is 30.6 Å². The molecule has 19 heavy (non-hydrogen) atoms. The van der Waals surface area contributed by atoms with Gasteiger partial charge in [-0.05, 0) is 26.0 Å². The lowest BCUT2D eigenvalue weighted by Crippen LogP contribution is -2.46. The van der Waals surface area contributed by atoms with Gasteiger partial charge in [-0.3, -0.25) is 4.79 Å². The number of morpholine rings is 1. The molecule has 0 aromatic heterocycles. The normalized spacial score (nSPS) is 22.9. The molecule has 0 N–H and O–H groups in total. The molecule has 1 aromatic carbocycles. The molecule has 2 atom stereocenters. The van der Waals surface area contributed by atoms with Crippen molar-refractivity contribution in [1.29, 1.82) is 0 Å². The highest BCUT2D eigenvalue weighted by Crippen LogP contribution is 2.28. The molecule has 3 nitrogen and oxygen atoms in total. The zero-order valence-corrected chi connectivity index (χ0v) is 11.0. The number of terminal acetylenes is 1. The monoisotopic (exact) mass is 261 g/mol. The van der Waals surface area contributed by atoms with E-state index < -0.39 is 5.82 Å². The minimum absolute atomic E-state index is 0.00466. The van der Waals surface area contributed by atoms with Crippen LogP contribution in [0.5, 0.6) is 0 Å². The average molecular weight is 261 g/mol. The van der Waals surface area contributed by atoms with Crippen molar-refractivity contribution < 1.29 is 13.9 Å². The first-order valence-electron chi connectivity index (χ1n) is 6.21. The molecule has 1 aliphatic heterocycles. The van der Waals surface area contributed by atoms with E-state index in [0.717, 1.165) is 0 Å². The van der Waals surface area contributed by atoms with Crippen molar-refractivity contribution in [3.8, 4) is 12.3 Å². The van der Waals surface area contributed by atoms with E-state index in [1.54, 1.807) is 0 Å². The molecular weight excluding hydrogens is 245 g/mol. The number of carbonyl (C=O) groups excluding carboxylic acids is 1. The van der Waals surface area contributed by atoms with Crippen LogP contribution in [0.15, 0.2) is 12.1 Å². The van der Waals surface area contributed by atoms with Crippen molar-refractivity contribution in [2.45, 2.75) is 26.1 Å². The molecule has 1 heterocycles. The second-order valence-corrected chi connectivity index (χ2v) is 4.82. The first kappa shape index (κ1) is 13.6. The van der Waals surface area contributed by atoms with Gasteiger partial charge in [0.2, 0.25) is 0 Å². The molecule has 0 radical (unpaired) electrons. The summed E-state index contributed by atoms with van der Waals surface area (Å²) in [5.74, 6) is 1.89. The van der Waals surface area contributed by atoms with Gasteiger partial charge in [0.25, 0.3) is 0 Å². The van der Waals surface area contributed by atoms with E-state index in [9.17, 15) is 9.18 Å². The van der Waals surface area contributed by atoms with Gasteiger partial charge in [-0.25, -0.2) is 4.39 Å². The van der Waals surface area contributed by atoms with Crippen molar-refractivity contribution >= 4 is 12.0 Å². The van der Waals surface area contributed by atoms with E-state index in [1.807, 2.05) is 18.7 Å². The lowest BCUT2D eigenvalue weighted by Gasteiger charge is -2.37.